The molecule has 0 amide bonds. The molecule has 4 nitrogen and oxygen atoms in total. The van der Waals surface area contributed by atoms with Crippen molar-refractivity contribution in [3.8, 4) is 0 Å². The van der Waals surface area contributed by atoms with Crippen molar-refractivity contribution in [3.05, 3.63) is 212 Å². The normalized spacial score (nSPS) is 11.3. The molecular formula is C51H42N4. The topological polar surface area (TPSA) is 14.7 Å². The summed E-state index contributed by atoms with van der Waals surface area (Å²) in [5.74, 6) is 0. The van der Waals surface area contributed by atoms with Gasteiger partial charge in [-0.2, -0.15) is 0 Å². The van der Waals surface area contributed by atoms with E-state index in [2.05, 4.69) is 245 Å². The summed E-state index contributed by atoms with van der Waals surface area (Å²) in [5.41, 5.74) is 12.2. The average molecular weight is 711 g/mol. The average Bonchev–Trinajstić information content (AvgIpc) is 3.57. The maximum absolute atomic E-state index is 2.47. The monoisotopic (exact) mass is 710 g/mol. The van der Waals surface area contributed by atoms with E-state index in [1.807, 2.05) is 0 Å². The Bertz CT molecular complexity index is 2480. The van der Waals surface area contributed by atoms with Crippen molar-refractivity contribution >= 4 is 73.0 Å². The maximum Gasteiger partial charge on any atom is 0.0514 e. The molecule has 0 saturated heterocycles. The standard InChI is InChI=1S/C51H42N4/c1-38(2)52-50-32-16-15-31-48(50)49-34-33-47(37-51(49)52)55(45-29-17-27-43(35-45)53(39-19-7-3-8-20-39)40-21-9-4-10-22-40)46-30-18-28-44(36-46)54(41-23-11-5-12-24-41)42-25-13-6-14-26-42/h3-38H,1-2H3. The second kappa shape index (κ2) is 14.8. The molecule has 0 aliphatic heterocycles. The molecule has 0 aliphatic rings. The largest absolute Gasteiger partial charge is 0.338 e. The third-order valence-electron chi connectivity index (χ3n) is 10.2. The molecule has 0 aliphatic carbocycles. The van der Waals surface area contributed by atoms with Gasteiger partial charge in [-0.1, -0.05) is 109 Å². The molecule has 1 aromatic heterocycles. The van der Waals surface area contributed by atoms with Crippen LogP contribution in [-0.2, 0) is 0 Å². The molecule has 0 radical (unpaired) electrons. The number of fused-ring (bicyclic) bond motifs is 3. The van der Waals surface area contributed by atoms with Crippen molar-refractivity contribution in [2.24, 2.45) is 0 Å². The number of aromatic nitrogens is 1. The van der Waals surface area contributed by atoms with Crippen LogP contribution in [0.3, 0.4) is 0 Å². The van der Waals surface area contributed by atoms with Gasteiger partial charge in [0.1, 0.15) is 0 Å². The summed E-state index contributed by atoms with van der Waals surface area (Å²) in [4.78, 5) is 7.05. The van der Waals surface area contributed by atoms with Crippen molar-refractivity contribution in [1.29, 1.82) is 0 Å². The van der Waals surface area contributed by atoms with Crippen LogP contribution in [0.25, 0.3) is 21.8 Å². The Kier molecular flexibility index (Phi) is 9.07. The Morgan fingerprint density at radius 2 is 0.618 bits per heavy atom. The molecule has 266 valence electrons. The van der Waals surface area contributed by atoms with Crippen LogP contribution in [0.15, 0.2) is 212 Å². The molecule has 0 fully saturated rings. The third-order valence-corrected chi connectivity index (χ3v) is 10.2. The quantitative estimate of drug-likeness (QED) is 0.140. The fraction of sp³-hybridized carbons (Fsp3) is 0.0588. The maximum atomic E-state index is 2.47. The molecule has 1 heterocycles. The van der Waals surface area contributed by atoms with E-state index in [0.717, 1.165) is 51.2 Å². The fourth-order valence-electron chi connectivity index (χ4n) is 7.88. The Hall–Kier alpha value is -7.04. The van der Waals surface area contributed by atoms with Crippen molar-refractivity contribution < 1.29 is 0 Å². The minimum Gasteiger partial charge on any atom is -0.338 e. The number of hydrogen-bond acceptors (Lipinski definition) is 3. The molecule has 0 atom stereocenters. The number of rotatable bonds is 10. The Morgan fingerprint density at radius 3 is 1.04 bits per heavy atom. The minimum atomic E-state index is 0.286. The summed E-state index contributed by atoms with van der Waals surface area (Å²) < 4.78 is 2.47. The van der Waals surface area contributed by atoms with Crippen LogP contribution in [0.2, 0.25) is 0 Å². The molecule has 9 rings (SSSR count). The predicted molar refractivity (Wildman–Crippen MR) is 234 cm³/mol. The zero-order valence-corrected chi connectivity index (χ0v) is 31.1. The van der Waals surface area contributed by atoms with Gasteiger partial charge in [0, 0.05) is 73.5 Å². The van der Waals surface area contributed by atoms with Crippen LogP contribution >= 0.6 is 0 Å². The number of hydrogen-bond donors (Lipinski definition) is 0. The van der Waals surface area contributed by atoms with Gasteiger partial charge in [-0.05, 0) is 117 Å². The van der Waals surface area contributed by atoms with Gasteiger partial charge in [-0.25, -0.2) is 0 Å². The summed E-state index contributed by atoms with van der Waals surface area (Å²) in [7, 11) is 0. The first kappa shape index (κ1) is 33.8. The second-order valence-electron chi connectivity index (χ2n) is 14.1. The lowest BCUT2D eigenvalue weighted by Crippen LogP contribution is -2.14. The van der Waals surface area contributed by atoms with Gasteiger partial charge in [0.05, 0.1) is 5.52 Å². The van der Waals surface area contributed by atoms with Crippen LogP contribution in [0.5, 0.6) is 0 Å². The smallest absolute Gasteiger partial charge is 0.0514 e. The molecule has 0 spiro atoms. The molecule has 0 saturated carbocycles. The Balaban J connectivity index is 1.26. The van der Waals surface area contributed by atoms with Crippen LogP contribution in [0.1, 0.15) is 19.9 Å². The van der Waals surface area contributed by atoms with Gasteiger partial charge in [0.25, 0.3) is 0 Å². The van der Waals surface area contributed by atoms with E-state index < -0.39 is 0 Å². The van der Waals surface area contributed by atoms with Gasteiger partial charge >= 0.3 is 0 Å². The zero-order chi connectivity index (χ0) is 37.1. The Morgan fingerprint density at radius 1 is 0.291 bits per heavy atom. The van der Waals surface area contributed by atoms with Crippen LogP contribution in [0.4, 0.5) is 51.2 Å². The minimum absolute atomic E-state index is 0.286. The Labute approximate surface area is 323 Å². The summed E-state index contributed by atoms with van der Waals surface area (Å²) in [6, 6.07) is 76.2. The number of para-hydroxylation sites is 5. The van der Waals surface area contributed by atoms with Gasteiger partial charge in [0.15, 0.2) is 0 Å². The summed E-state index contributed by atoms with van der Waals surface area (Å²) in [6.07, 6.45) is 0. The van der Waals surface area contributed by atoms with Crippen molar-refractivity contribution in [2.45, 2.75) is 19.9 Å². The molecule has 0 unspecified atom stereocenters. The first-order valence-corrected chi connectivity index (χ1v) is 19.0. The van der Waals surface area contributed by atoms with Crippen molar-refractivity contribution in [3.63, 3.8) is 0 Å². The molecule has 0 N–H and O–H groups in total. The second-order valence-corrected chi connectivity index (χ2v) is 14.1. The summed E-state index contributed by atoms with van der Waals surface area (Å²) in [5, 5.41) is 2.53. The van der Waals surface area contributed by atoms with E-state index in [1.165, 1.54) is 21.8 Å². The molecule has 0 bridgehead atoms. The molecule has 8 aromatic carbocycles. The van der Waals surface area contributed by atoms with Crippen molar-refractivity contribution in [1.82, 2.24) is 4.57 Å². The van der Waals surface area contributed by atoms with Crippen LogP contribution < -0.4 is 14.7 Å². The van der Waals surface area contributed by atoms with E-state index in [0.29, 0.717) is 0 Å². The van der Waals surface area contributed by atoms with Gasteiger partial charge in [-0.3, -0.25) is 0 Å². The van der Waals surface area contributed by atoms with E-state index in [9.17, 15) is 0 Å². The predicted octanol–water partition coefficient (Wildman–Crippen LogP) is 14.8. The van der Waals surface area contributed by atoms with Gasteiger partial charge < -0.3 is 19.3 Å². The lowest BCUT2D eigenvalue weighted by Gasteiger charge is -2.31. The molecule has 9 aromatic rings. The summed E-state index contributed by atoms with van der Waals surface area (Å²) >= 11 is 0. The highest BCUT2D eigenvalue weighted by Gasteiger charge is 2.21. The van der Waals surface area contributed by atoms with E-state index in [-0.39, 0.29) is 6.04 Å². The lowest BCUT2D eigenvalue weighted by molar-refractivity contribution is 0.642. The van der Waals surface area contributed by atoms with E-state index >= 15 is 0 Å². The number of nitrogens with zero attached hydrogens (tertiary/aromatic N) is 4. The first-order valence-electron chi connectivity index (χ1n) is 19.0. The molecular weight excluding hydrogens is 669 g/mol. The fourth-order valence-corrected chi connectivity index (χ4v) is 7.88. The van der Waals surface area contributed by atoms with Crippen LogP contribution in [0, 0.1) is 0 Å². The summed E-state index contributed by atoms with van der Waals surface area (Å²) in [6.45, 7) is 4.54. The zero-order valence-electron chi connectivity index (χ0n) is 31.1. The third kappa shape index (κ3) is 6.49. The van der Waals surface area contributed by atoms with Gasteiger partial charge in [0.2, 0.25) is 0 Å². The highest BCUT2D eigenvalue weighted by atomic mass is 15.2. The number of benzene rings is 8. The molecule has 4 heteroatoms. The highest BCUT2D eigenvalue weighted by Crippen LogP contribution is 2.44. The number of anilines is 9. The SMILES string of the molecule is CC(C)n1c2ccccc2c2ccc(N(c3cccc(N(c4ccccc4)c4ccccc4)c3)c3cccc(N(c4ccccc4)c4ccccc4)c3)cc21. The van der Waals surface area contributed by atoms with E-state index in [4.69, 9.17) is 0 Å². The van der Waals surface area contributed by atoms with Crippen LogP contribution in [-0.4, -0.2) is 4.57 Å². The lowest BCUT2D eigenvalue weighted by atomic mass is 10.1. The highest BCUT2D eigenvalue weighted by molar-refractivity contribution is 6.09. The van der Waals surface area contributed by atoms with Crippen molar-refractivity contribution in [2.75, 3.05) is 14.7 Å². The first-order chi connectivity index (χ1) is 27.1. The molecule has 55 heavy (non-hydrogen) atoms. The van der Waals surface area contributed by atoms with E-state index in [1.54, 1.807) is 0 Å². The van der Waals surface area contributed by atoms with Gasteiger partial charge in [-0.15, -0.1) is 0 Å².